The molecule has 0 amide bonds. The van der Waals surface area contributed by atoms with Gasteiger partial charge in [-0.25, -0.2) is 4.98 Å². The number of pyridine rings is 1. The van der Waals surface area contributed by atoms with Gasteiger partial charge in [0.05, 0.1) is 16.8 Å². The van der Waals surface area contributed by atoms with Crippen LogP contribution in [0.25, 0.3) is 11.3 Å². The molecule has 7 nitrogen and oxygen atoms in total. The fourth-order valence-electron chi connectivity index (χ4n) is 1.85. The van der Waals surface area contributed by atoms with Crippen molar-refractivity contribution in [1.29, 1.82) is 0 Å². The summed E-state index contributed by atoms with van der Waals surface area (Å²) in [6, 6.07) is 10.0. The van der Waals surface area contributed by atoms with E-state index in [4.69, 9.17) is 0 Å². The summed E-state index contributed by atoms with van der Waals surface area (Å²) in [5.41, 5.74) is 5.17. The molecule has 2 heterocycles. The van der Waals surface area contributed by atoms with Crippen LogP contribution in [0.1, 0.15) is 5.56 Å². The van der Waals surface area contributed by atoms with Crippen molar-refractivity contribution in [2.45, 2.75) is 0 Å². The molecular formula is C15H11N5O2S. The molecule has 8 heteroatoms. The van der Waals surface area contributed by atoms with Crippen LogP contribution in [-0.4, -0.2) is 21.1 Å². The molecule has 0 radical (unpaired) electrons. The Morgan fingerprint density at radius 1 is 1.26 bits per heavy atom. The zero-order valence-corrected chi connectivity index (χ0v) is 12.6. The van der Waals surface area contributed by atoms with Crippen LogP contribution in [0.3, 0.4) is 0 Å². The fraction of sp³-hybridized carbons (Fsp3) is 0. The lowest BCUT2D eigenvalue weighted by Crippen LogP contribution is -1.91. The Morgan fingerprint density at radius 3 is 2.87 bits per heavy atom. The van der Waals surface area contributed by atoms with Crippen LogP contribution < -0.4 is 5.43 Å². The van der Waals surface area contributed by atoms with E-state index in [1.165, 1.54) is 23.5 Å². The summed E-state index contributed by atoms with van der Waals surface area (Å²) >= 11 is 1.38. The van der Waals surface area contributed by atoms with Gasteiger partial charge in [-0.05, 0) is 17.7 Å². The lowest BCUT2D eigenvalue weighted by atomic mass is 10.1. The predicted octanol–water partition coefficient (Wildman–Crippen LogP) is 3.56. The van der Waals surface area contributed by atoms with Crippen molar-refractivity contribution in [1.82, 2.24) is 9.97 Å². The highest BCUT2D eigenvalue weighted by Gasteiger charge is 2.09. The SMILES string of the molecule is O=[N+]([O-])c1cccc(-c2csc(N/N=C/c3ccncc3)n2)c1. The summed E-state index contributed by atoms with van der Waals surface area (Å²) in [4.78, 5) is 18.7. The molecule has 3 aromatic rings. The summed E-state index contributed by atoms with van der Waals surface area (Å²) < 4.78 is 0. The molecule has 0 bridgehead atoms. The number of nitrogens with one attached hydrogen (secondary N) is 1. The molecule has 2 aromatic heterocycles. The van der Waals surface area contributed by atoms with E-state index in [2.05, 4.69) is 20.5 Å². The van der Waals surface area contributed by atoms with Gasteiger partial charge in [0.1, 0.15) is 0 Å². The second-order valence-corrected chi connectivity index (χ2v) is 5.35. The normalized spacial score (nSPS) is 10.8. The number of hydrogen-bond acceptors (Lipinski definition) is 7. The van der Waals surface area contributed by atoms with Crippen molar-refractivity contribution in [2.75, 3.05) is 5.43 Å². The summed E-state index contributed by atoms with van der Waals surface area (Å²) in [6.45, 7) is 0. The highest BCUT2D eigenvalue weighted by molar-refractivity contribution is 7.14. The maximum Gasteiger partial charge on any atom is 0.270 e. The minimum atomic E-state index is -0.423. The van der Waals surface area contributed by atoms with Crippen molar-refractivity contribution in [3.63, 3.8) is 0 Å². The summed E-state index contributed by atoms with van der Waals surface area (Å²) in [5, 5.41) is 17.4. The molecule has 114 valence electrons. The average Bonchev–Trinajstić information content (AvgIpc) is 3.05. The Morgan fingerprint density at radius 2 is 2.09 bits per heavy atom. The van der Waals surface area contributed by atoms with Crippen molar-refractivity contribution in [3.8, 4) is 11.3 Å². The van der Waals surface area contributed by atoms with Gasteiger partial charge in [0.25, 0.3) is 5.69 Å². The Bertz CT molecular complexity index is 848. The van der Waals surface area contributed by atoms with Crippen LogP contribution in [0.4, 0.5) is 10.8 Å². The van der Waals surface area contributed by atoms with Crippen molar-refractivity contribution in [3.05, 3.63) is 69.8 Å². The number of hydrogen-bond donors (Lipinski definition) is 1. The summed E-state index contributed by atoms with van der Waals surface area (Å²) in [5.74, 6) is 0. The number of non-ortho nitro benzene ring substituents is 1. The third kappa shape index (κ3) is 3.74. The minimum Gasteiger partial charge on any atom is -0.265 e. The molecule has 3 rings (SSSR count). The van der Waals surface area contributed by atoms with E-state index in [0.717, 1.165) is 5.56 Å². The molecule has 0 atom stereocenters. The van der Waals surface area contributed by atoms with E-state index >= 15 is 0 Å². The van der Waals surface area contributed by atoms with E-state index in [0.29, 0.717) is 16.4 Å². The van der Waals surface area contributed by atoms with Gasteiger partial charge in [-0.1, -0.05) is 12.1 Å². The smallest absolute Gasteiger partial charge is 0.265 e. The third-order valence-electron chi connectivity index (χ3n) is 2.94. The molecule has 1 aromatic carbocycles. The first kappa shape index (κ1) is 14.8. The molecule has 0 unspecified atom stereocenters. The van der Waals surface area contributed by atoms with Gasteiger partial charge in [0.2, 0.25) is 5.13 Å². The number of rotatable bonds is 5. The van der Waals surface area contributed by atoms with Gasteiger partial charge in [-0.3, -0.25) is 20.5 Å². The fourth-order valence-corrected chi connectivity index (χ4v) is 2.52. The Kier molecular flexibility index (Phi) is 4.34. The van der Waals surface area contributed by atoms with Gasteiger partial charge in [-0.2, -0.15) is 5.10 Å². The van der Waals surface area contributed by atoms with Crippen LogP contribution >= 0.6 is 11.3 Å². The molecule has 0 spiro atoms. The van der Waals surface area contributed by atoms with Crippen LogP contribution in [0, 0.1) is 10.1 Å². The Labute approximate surface area is 135 Å². The van der Waals surface area contributed by atoms with Gasteiger partial charge in [0.15, 0.2) is 0 Å². The highest BCUT2D eigenvalue weighted by Crippen LogP contribution is 2.27. The lowest BCUT2D eigenvalue weighted by Gasteiger charge is -1.97. The Hall–Kier alpha value is -3.13. The van der Waals surface area contributed by atoms with E-state index < -0.39 is 4.92 Å². The highest BCUT2D eigenvalue weighted by atomic mass is 32.1. The maximum absolute atomic E-state index is 10.8. The number of hydrazone groups is 1. The van der Waals surface area contributed by atoms with Gasteiger partial charge >= 0.3 is 0 Å². The first-order valence-corrected chi connectivity index (χ1v) is 7.50. The van der Waals surface area contributed by atoms with Crippen LogP contribution in [0.2, 0.25) is 0 Å². The quantitative estimate of drug-likeness (QED) is 0.440. The molecular weight excluding hydrogens is 314 g/mol. The van der Waals surface area contributed by atoms with Crippen LogP contribution in [0.5, 0.6) is 0 Å². The zero-order chi connectivity index (χ0) is 16.1. The third-order valence-corrected chi connectivity index (χ3v) is 3.68. The van der Waals surface area contributed by atoms with Gasteiger partial charge in [-0.15, -0.1) is 11.3 Å². The number of aromatic nitrogens is 2. The second kappa shape index (κ2) is 6.75. The molecule has 1 N–H and O–H groups in total. The topological polar surface area (TPSA) is 93.3 Å². The number of benzene rings is 1. The molecule has 0 aliphatic heterocycles. The van der Waals surface area contributed by atoms with Crippen molar-refractivity contribution < 1.29 is 4.92 Å². The number of thiazole rings is 1. The van der Waals surface area contributed by atoms with E-state index in [1.807, 2.05) is 17.5 Å². The zero-order valence-electron chi connectivity index (χ0n) is 11.8. The standard InChI is InChI=1S/C15H11N5O2S/c21-20(22)13-3-1-2-12(8-13)14-10-23-15(18-14)19-17-9-11-4-6-16-7-5-11/h1-10H,(H,18,19)/b17-9+. The predicted molar refractivity (Wildman–Crippen MR) is 89.7 cm³/mol. The molecule has 0 saturated heterocycles. The van der Waals surface area contributed by atoms with Crippen molar-refractivity contribution >= 4 is 28.4 Å². The number of nitrogens with zero attached hydrogens (tertiary/aromatic N) is 4. The van der Waals surface area contributed by atoms with E-state index in [1.54, 1.807) is 30.7 Å². The molecule has 0 fully saturated rings. The monoisotopic (exact) mass is 325 g/mol. The first-order valence-electron chi connectivity index (χ1n) is 6.62. The van der Waals surface area contributed by atoms with Crippen LogP contribution in [0.15, 0.2) is 59.3 Å². The van der Waals surface area contributed by atoms with Crippen LogP contribution in [-0.2, 0) is 0 Å². The molecule has 0 aliphatic carbocycles. The van der Waals surface area contributed by atoms with Crippen molar-refractivity contribution in [2.24, 2.45) is 5.10 Å². The van der Waals surface area contributed by atoms with Gasteiger partial charge < -0.3 is 0 Å². The molecule has 0 saturated carbocycles. The van der Waals surface area contributed by atoms with E-state index in [9.17, 15) is 10.1 Å². The molecule has 0 aliphatic rings. The van der Waals surface area contributed by atoms with Gasteiger partial charge in [0, 0.05) is 35.5 Å². The number of anilines is 1. The largest absolute Gasteiger partial charge is 0.270 e. The number of nitro groups is 1. The summed E-state index contributed by atoms with van der Waals surface area (Å²) in [6.07, 6.45) is 5.03. The van der Waals surface area contributed by atoms with E-state index in [-0.39, 0.29) is 5.69 Å². The molecule has 23 heavy (non-hydrogen) atoms. The number of nitro benzene ring substituents is 1. The Balaban J connectivity index is 1.72. The minimum absolute atomic E-state index is 0.0423. The maximum atomic E-state index is 10.8. The lowest BCUT2D eigenvalue weighted by molar-refractivity contribution is -0.384. The average molecular weight is 325 g/mol. The summed E-state index contributed by atoms with van der Waals surface area (Å²) in [7, 11) is 0. The second-order valence-electron chi connectivity index (χ2n) is 4.50. The first-order chi connectivity index (χ1) is 11.2.